The highest BCUT2D eigenvalue weighted by molar-refractivity contribution is 4.98. The molecule has 0 radical (unpaired) electrons. The summed E-state index contributed by atoms with van der Waals surface area (Å²) < 4.78 is 0. The minimum absolute atomic E-state index is 0.872. The molecule has 0 heterocycles. The van der Waals surface area contributed by atoms with Gasteiger partial charge >= 0.3 is 0 Å². The van der Waals surface area contributed by atoms with Gasteiger partial charge in [-0.05, 0) is 19.8 Å². The van der Waals surface area contributed by atoms with Crippen molar-refractivity contribution in [2.75, 3.05) is 0 Å². The van der Waals surface area contributed by atoms with Gasteiger partial charge in [0.2, 0.25) is 0 Å². The topological polar surface area (TPSA) is 0 Å². The smallest absolute Gasteiger partial charge is 0.0121 e. The van der Waals surface area contributed by atoms with Crippen LogP contribution in [0.25, 0.3) is 0 Å². The average Bonchev–Trinajstić information content (AvgIpc) is 1.89. The Hall–Kier alpha value is -0.700. The van der Waals surface area contributed by atoms with Crippen molar-refractivity contribution in [3.8, 4) is 12.3 Å². The van der Waals surface area contributed by atoms with Crippen molar-refractivity contribution in [3.05, 3.63) is 11.6 Å². The fourth-order valence-corrected chi connectivity index (χ4v) is 0.546. The van der Waals surface area contributed by atoms with E-state index >= 15 is 0 Å². The average molecular weight is 122 g/mol. The molecule has 0 rings (SSSR count). The van der Waals surface area contributed by atoms with Gasteiger partial charge in [0, 0.05) is 6.42 Å². The van der Waals surface area contributed by atoms with E-state index in [1.807, 2.05) is 0 Å². The second-order valence-corrected chi connectivity index (χ2v) is 2.15. The molecule has 0 aromatic carbocycles. The van der Waals surface area contributed by atoms with Gasteiger partial charge < -0.3 is 0 Å². The summed E-state index contributed by atoms with van der Waals surface area (Å²) in [4.78, 5) is 0. The van der Waals surface area contributed by atoms with Crippen molar-refractivity contribution in [2.45, 2.75) is 33.1 Å². The van der Waals surface area contributed by atoms with E-state index in [4.69, 9.17) is 6.42 Å². The van der Waals surface area contributed by atoms with Crippen LogP contribution in [0, 0.1) is 12.3 Å². The molecule has 0 unspecified atom stereocenters. The second kappa shape index (κ2) is 5.44. The first-order valence-corrected chi connectivity index (χ1v) is 3.40. The molecule has 0 aliphatic heterocycles. The highest BCUT2D eigenvalue weighted by Crippen LogP contribution is 2.00. The van der Waals surface area contributed by atoms with E-state index in [1.54, 1.807) is 0 Å². The van der Waals surface area contributed by atoms with Crippen molar-refractivity contribution in [2.24, 2.45) is 0 Å². The van der Waals surface area contributed by atoms with Crippen LogP contribution in [0.2, 0.25) is 0 Å². The highest BCUT2D eigenvalue weighted by atomic mass is 13.9. The lowest BCUT2D eigenvalue weighted by Crippen LogP contribution is -1.71. The molecule has 0 aliphatic carbocycles. The Morgan fingerprint density at radius 2 is 2.33 bits per heavy atom. The molecule has 0 aliphatic rings. The maximum absolute atomic E-state index is 5.08. The maximum Gasteiger partial charge on any atom is 0.0121 e. The molecule has 0 nitrogen and oxygen atoms in total. The van der Waals surface area contributed by atoms with Crippen molar-refractivity contribution in [1.29, 1.82) is 0 Å². The van der Waals surface area contributed by atoms with Crippen LogP contribution in [-0.4, -0.2) is 0 Å². The first-order chi connectivity index (χ1) is 4.31. The Morgan fingerprint density at radius 1 is 1.67 bits per heavy atom. The normalized spacial score (nSPS) is 11.0. The Balaban J connectivity index is 3.35. The molecule has 0 aromatic rings. The summed E-state index contributed by atoms with van der Waals surface area (Å²) in [6.45, 7) is 4.29. The van der Waals surface area contributed by atoms with Gasteiger partial charge in [-0.2, -0.15) is 0 Å². The summed E-state index contributed by atoms with van der Waals surface area (Å²) in [6, 6.07) is 0. The Bertz CT molecular complexity index is 123. The molecule has 0 spiro atoms. The Morgan fingerprint density at radius 3 is 2.78 bits per heavy atom. The van der Waals surface area contributed by atoms with Crippen LogP contribution >= 0.6 is 0 Å². The van der Waals surface area contributed by atoms with E-state index in [0.717, 1.165) is 19.3 Å². The second-order valence-electron chi connectivity index (χ2n) is 2.15. The number of hydrogen-bond donors (Lipinski definition) is 0. The standard InChI is InChI=1S/C9H14/c1-4-6-7-8-9(3)5-2/h1,8H,5-7H2,2-3H3. The number of rotatable bonds is 3. The van der Waals surface area contributed by atoms with Crippen LogP contribution in [0.15, 0.2) is 11.6 Å². The van der Waals surface area contributed by atoms with Gasteiger partial charge in [-0.1, -0.05) is 18.6 Å². The quantitative estimate of drug-likeness (QED) is 0.307. The molecule has 50 valence electrons. The van der Waals surface area contributed by atoms with E-state index in [0.29, 0.717) is 0 Å². The number of hydrogen-bond acceptors (Lipinski definition) is 0. The summed E-state index contributed by atoms with van der Waals surface area (Å²) in [5.41, 5.74) is 1.44. The van der Waals surface area contributed by atoms with Gasteiger partial charge in [0.1, 0.15) is 0 Å². The van der Waals surface area contributed by atoms with E-state index < -0.39 is 0 Å². The van der Waals surface area contributed by atoms with E-state index in [9.17, 15) is 0 Å². The fraction of sp³-hybridized carbons (Fsp3) is 0.556. The molecule has 0 amide bonds. The number of allylic oxidation sites excluding steroid dienone is 2. The molecule has 9 heavy (non-hydrogen) atoms. The van der Waals surface area contributed by atoms with Crippen LogP contribution in [0.3, 0.4) is 0 Å². The molecule has 0 heteroatoms. The van der Waals surface area contributed by atoms with Gasteiger partial charge in [0.25, 0.3) is 0 Å². The third kappa shape index (κ3) is 5.17. The first kappa shape index (κ1) is 8.30. The molecule has 0 saturated carbocycles. The molecule has 0 atom stereocenters. The van der Waals surface area contributed by atoms with Gasteiger partial charge in [0.15, 0.2) is 0 Å². The van der Waals surface area contributed by atoms with Crippen LogP contribution in [0.4, 0.5) is 0 Å². The largest absolute Gasteiger partial charge is 0.120 e. The van der Waals surface area contributed by atoms with Crippen LogP contribution in [0.5, 0.6) is 0 Å². The lowest BCUT2D eigenvalue weighted by Gasteiger charge is -1.91. The van der Waals surface area contributed by atoms with Crippen molar-refractivity contribution >= 4 is 0 Å². The third-order valence-corrected chi connectivity index (χ3v) is 1.34. The monoisotopic (exact) mass is 122 g/mol. The van der Waals surface area contributed by atoms with Crippen molar-refractivity contribution in [1.82, 2.24) is 0 Å². The minimum atomic E-state index is 0.872. The Kier molecular flexibility index (Phi) is 5.01. The first-order valence-electron chi connectivity index (χ1n) is 3.40. The highest BCUT2D eigenvalue weighted by Gasteiger charge is 1.81. The summed E-state index contributed by atoms with van der Waals surface area (Å²) in [7, 11) is 0. The molecule has 0 aromatic heterocycles. The number of terminal acetylenes is 1. The summed E-state index contributed by atoms with van der Waals surface area (Å²) in [5.74, 6) is 2.60. The maximum atomic E-state index is 5.08. The molecule has 0 fully saturated rings. The molecular formula is C9H14. The molecule has 0 bridgehead atoms. The lowest BCUT2D eigenvalue weighted by atomic mass is 10.2. The lowest BCUT2D eigenvalue weighted by molar-refractivity contribution is 1.02. The van der Waals surface area contributed by atoms with E-state index in [2.05, 4.69) is 25.8 Å². The van der Waals surface area contributed by atoms with Crippen molar-refractivity contribution in [3.63, 3.8) is 0 Å². The summed E-state index contributed by atoms with van der Waals surface area (Å²) in [6.07, 6.45) is 10.3. The Labute approximate surface area is 58.0 Å². The summed E-state index contributed by atoms with van der Waals surface area (Å²) >= 11 is 0. The van der Waals surface area contributed by atoms with E-state index in [1.165, 1.54) is 5.57 Å². The van der Waals surface area contributed by atoms with Gasteiger partial charge in [-0.25, -0.2) is 0 Å². The molecule has 0 N–H and O–H groups in total. The van der Waals surface area contributed by atoms with Gasteiger partial charge in [-0.15, -0.1) is 12.3 Å². The predicted molar refractivity (Wildman–Crippen MR) is 42.1 cm³/mol. The van der Waals surface area contributed by atoms with Crippen LogP contribution in [-0.2, 0) is 0 Å². The van der Waals surface area contributed by atoms with E-state index in [-0.39, 0.29) is 0 Å². The third-order valence-electron chi connectivity index (χ3n) is 1.34. The van der Waals surface area contributed by atoms with Crippen LogP contribution < -0.4 is 0 Å². The minimum Gasteiger partial charge on any atom is -0.120 e. The van der Waals surface area contributed by atoms with Crippen LogP contribution in [0.1, 0.15) is 33.1 Å². The predicted octanol–water partition coefficient (Wildman–Crippen LogP) is 2.76. The SMILES string of the molecule is C#CCCC=C(C)CC. The van der Waals surface area contributed by atoms with Gasteiger partial charge in [-0.3, -0.25) is 0 Å². The zero-order chi connectivity index (χ0) is 7.11. The summed E-state index contributed by atoms with van der Waals surface area (Å²) in [5, 5.41) is 0. The molecular weight excluding hydrogens is 108 g/mol. The zero-order valence-electron chi connectivity index (χ0n) is 6.28. The molecule has 0 saturated heterocycles. The fourth-order valence-electron chi connectivity index (χ4n) is 0.546. The van der Waals surface area contributed by atoms with Gasteiger partial charge in [0.05, 0.1) is 0 Å². The zero-order valence-corrected chi connectivity index (χ0v) is 6.28. The van der Waals surface area contributed by atoms with Crippen molar-refractivity contribution < 1.29 is 0 Å². The number of unbranched alkanes of at least 4 members (excludes halogenated alkanes) is 1.